The normalized spacial score (nSPS) is 19.3. The number of hydrogen-bond acceptors (Lipinski definition) is 2. The molecule has 74 valence electrons. The molecule has 0 N–H and O–H groups in total. The molecular weight excluding hydrogens is 188 g/mol. The summed E-state index contributed by atoms with van der Waals surface area (Å²) in [5.74, 6) is 0. The Morgan fingerprint density at radius 3 is 3.00 bits per heavy atom. The second kappa shape index (κ2) is 3.28. The van der Waals surface area contributed by atoms with Crippen molar-refractivity contribution < 1.29 is 4.74 Å². The van der Waals surface area contributed by atoms with E-state index >= 15 is 0 Å². The zero-order chi connectivity index (χ0) is 10.1. The minimum absolute atomic E-state index is 0.0811. The minimum atomic E-state index is -0.0811. The second-order valence-corrected chi connectivity index (χ2v) is 3.38. The van der Waals surface area contributed by atoms with Crippen molar-refractivity contribution in [2.24, 2.45) is 0 Å². The number of allylic oxidation sites excluding steroid dienone is 2. The Morgan fingerprint density at radius 2 is 2.13 bits per heavy atom. The number of nitrogens with zero attached hydrogens (tertiary/aromatic N) is 2. The Kier molecular flexibility index (Phi) is 1.81. The quantitative estimate of drug-likeness (QED) is 0.704. The van der Waals surface area contributed by atoms with E-state index in [0.29, 0.717) is 0 Å². The molecule has 1 aliphatic rings. The van der Waals surface area contributed by atoms with Crippen LogP contribution in [0.15, 0.2) is 55.1 Å². The van der Waals surface area contributed by atoms with Crippen LogP contribution in [0, 0.1) is 0 Å². The van der Waals surface area contributed by atoms with Crippen LogP contribution in [0.5, 0.6) is 0 Å². The highest BCUT2D eigenvalue weighted by Gasteiger charge is 2.11. The summed E-state index contributed by atoms with van der Waals surface area (Å²) < 4.78 is 7.50. The number of aromatic nitrogens is 2. The van der Waals surface area contributed by atoms with E-state index in [1.165, 1.54) is 0 Å². The zero-order valence-electron chi connectivity index (χ0n) is 8.08. The second-order valence-electron chi connectivity index (χ2n) is 3.38. The summed E-state index contributed by atoms with van der Waals surface area (Å²) >= 11 is 0. The van der Waals surface area contributed by atoms with Gasteiger partial charge in [0.2, 0.25) is 0 Å². The highest BCUT2D eigenvalue weighted by Crippen LogP contribution is 2.21. The van der Waals surface area contributed by atoms with Gasteiger partial charge in [0.1, 0.15) is 0 Å². The molecule has 3 nitrogen and oxygen atoms in total. The van der Waals surface area contributed by atoms with Crippen LogP contribution >= 0.6 is 0 Å². The van der Waals surface area contributed by atoms with Crippen LogP contribution in [0.3, 0.4) is 0 Å². The first-order valence-corrected chi connectivity index (χ1v) is 4.85. The lowest BCUT2D eigenvalue weighted by molar-refractivity contribution is 0.126. The molecule has 1 aromatic heterocycles. The maximum atomic E-state index is 5.49. The molecule has 0 fully saturated rings. The van der Waals surface area contributed by atoms with E-state index < -0.39 is 0 Å². The van der Waals surface area contributed by atoms with Crippen LogP contribution in [0.4, 0.5) is 0 Å². The SMILES string of the molecule is C1=COC(n2cnc3ccccc32)C=C1. The molecule has 1 aliphatic heterocycles. The molecule has 0 saturated carbocycles. The van der Waals surface area contributed by atoms with E-state index in [1.54, 1.807) is 12.6 Å². The summed E-state index contributed by atoms with van der Waals surface area (Å²) in [6, 6.07) is 8.02. The molecule has 0 saturated heterocycles. The van der Waals surface area contributed by atoms with Gasteiger partial charge in [0, 0.05) is 0 Å². The van der Waals surface area contributed by atoms with Gasteiger partial charge in [0.25, 0.3) is 0 Å². The van der Waals surface area contributed by atoms with E-state index in [1.807, 2.05) is 47.1 Å². The summed E-state index contributed by atoms with van der Waals surface area (Å²) in [5.41, 5.74) is 2.08. The largest absolute Gasteiger partial charge is 0.474 e. The van der Waals surface area contributed by atoms with Gasteiger partial charge < -0.3 is 4.74 Å². The molecule has 0 amide bonds. The Bertz CT molecular complexity index is 539. The molecule has 0 spiro atoms. The van der Waals surface area contributed by atoms with Crippen molar-refractivity contribution in [2.75, 3.05) is 0 Å². The molecule has 3 rings (SSSR count). The van der Waals surface area contributed by atoms with E-state index in [0.717, 1.165) is 11.0 Å². The molecular formula is C12H10N2O. The Morgan fingerprint density at radius 1 is 1.20 bits per heavy atom. The topological polar surface area (TPSA) is 27.1 Å². The van der Waals surface area contributed by atoms with Gasteiger partial charge in [-0.15, -0.1) is 0 Å². The third-order valence-electron chi connectivity index (χ3n) is 2.44. The predicted molar refractivity (Wildman–Crippen MR) is 58.1 cm³/mol. The highest BCUT2D eigenvalue weighted by molar-refractivity contribution is 5.75. The van der Waals surface area contributed by atoms with Gasteiger partial charge >= 0.3 is 0 Å². The van der Waals surface area contributed by atoms with Crippen molar-refractivity contribution in [2.45, 2.75) is 6.23 Å². The van der Waals surface area contributed by atoms with Gasteiger partial charge in [-0.05, 0) is 24.3 Å². The van der Waals surface area contributed by atoms with Gasteiger partial charge in [-0.3, -0.25) is 4.57 Å². The fourth-order valence-corrected chi connectivity index (χ4v) is 1.72. The lowest BCUT2D eigenvalue weighted by atomic mass is 10.3. The number of imidazole rings is 1. The summed E-state index contributed by atoms with van der Waals surface area (Å²) in [4.78, 5) is 4.32. The lowest BCUT2D eigenvalue weighted by Gasteiger charge is -2.16. The Balaban J connectivity index is 2.11. The maximum absolute atomic E-state index is 5.49. The fourth-order valence-electron chi connectivity index (χ4n) is 1.72. The third-order valence-corrected chi connectivity index (χ3v) is 2.44. The first-order chi connectivity index (χ1) is 7.45. The molecule has 2 heterocycles. The van der Waals surface area contributed by atoms with E-state index in [2.05, 4.69) is 4.98 Å². The van der Waals surface area contributed by atoms with Crippen LogP contribution in [0.1, 0.15) is 6.23 Å². The number of para-hydroxylation sites is 2. The van der Waals surface area contributed by atoms with Crippen LogP contribution in [-0.4, -0.2) is 9.55 Å². The monoisotopic (exact) mass is 198 g/mol. The van der Waals surface area contributed by atoms with Gasteiger partial charge in [-0.25, -0.2) is 4.98 Å². The maximum Gasteiger partial charge on any atom is 0.196 e. The van der Waals surface area contributed by atoms with E-state index in [4.69, 9.17) is 4.74 Å². The zero-order valence-corrected chi connectivity index (χ0v) is 8.08. The van der Waals surface area contributed by atoms with Gasteiger partial charge in [-0.1, -0.05) is 18.2 Å². The van der Waals surface area contributed by atoms with Crippen molar-refractivity contribution in [3.05, 3.63) is 55.1 Å². The summed E-state index contributed by atoms with van der Waals surface area (Å²) in [6.07, 6.45) is 9.26. The Labute approximate surface area is 87.3 Å². The molecule has 0 radical (unpaired) electrons. The smallest absolute Gasteiger partial charge is 0.196 e. The number of hydrogen-bond donors (Lipinski definition) is 0. The minimum Gasteiger partial charge on any atom is -0.474 e. The van der Waals surface area contributed by atoms with Crippen molar-refractivity contribution >= 4 is 11.0 Å². The molecule has 1 atom stereocenters. The summed E-state index contributed by atoms with van der Waals surface area (Å²) in [6.45, 7) is 0. The van der Waals surface area contributed by atoms with Crippen molar-refractivity contribution in [3.63, 3.8) is 0 Å². The predicted octanol–water partition coefficient (Wildman–Crippen LogP) is 2.64. The van der Waals surface area contributed by atoms with Crippen LogP contribution < -0.4 is 0 Å². The highest BCUT2D eigenvalue weighted by atomic mass is 16.5. The summed E-state index contributed by atoms with van der Waals surface area (Å²) in [5, 5.41) is 0. The molecule has 1 aromatic carbocycles. The van der Waals surface area contributed by atoms with Crippen LogP contribution in [0.25, 0.3) is 11.0 Å². The van der Waals surface area contributed by atoms with Gasteiger partial charge in [0.15, 0.2) is 6.23 Å². The van der Waals surface area contributed by atoms with E-state index in [9.17, 15) is 0 Å². The van der Waals surface area contributed by atoms with Crippen molar-refractivity contribution in [3.8, 4) is 0 Å². The third kappa shape index (κ3) is 1.32. The van der Waals surface area contributed by atoms with Crippen LogP contribution in [0.2, 0.25) is 0 Å². The van der Waals surface area contributed by atoms with Gasteiger partial charge in [0.05, 0.1) is 23.6 Å². The molecule has 2 aromatic rings. The van der Waals surface area contributed by atoms with Crippen molar-refractivity contribution in [1.29, 1.82) is 0 Å². The molecule has 1 unspecified atom stereocenters. The lowest BCUT2D eigenvalue weighted by Crippen LogP contribution is -2.07. The Hall–Kier alpha value is -2.03. The number of benzene rings is 1. The fraction of sp³-hybridized carbons (Fsp3) is 0.0833. The number of fused-ring (bicyclic) bond motifs is 1. The average molecular weight is 198 g/mol. The van der Waals surface area contributed by atoms with Crippen LogP contribution in [-0.2, 0) is 4.74 Å². The molecule has 15 heavy (non-hydrogen) atoms. The number of ether oxygens (including phenoxy) is 1. The molecule has 0 aliphatic carbocycles. The molecule has 3 heteroatoms. The standard InChI is InChI=1S/C12H10N2O/c1-2-6-11-10(5-1)13-9-14(11)12-7-3-4-8-15-12/h1-9,12H. The molecule has 0 bridgehead atoms. The summed E-state index contributed by atoms with van der Waals surface area (Å²) in [7, 11) is 0. The average Bonchev–Trinajstić information content (AvgIpc) is 2.74. The first-order valence-electron chi connectivity index (χ1n) is 4.85. The number of rotatable bonds is 1. The van der Waals surface area contributed by atoms with E-state index in [-0.39, 0.29) is 6.23 Å². The van der Waals surface area contributed by atoms with Gasteiger partial charge in [-0.2, -0.15) is 0 Å². The van der Waals surface area contributed by atoms with Crippen molar-refractivity contribution in [1.82, 2.24) is 9.55 Å². The first kappa shape index (κ1) is 8.29.